The first-order valence-electron chi connectivity index (χ1n) is 6.75. The summed E-state index contributed by atoms with van der Waals surface area (Å²) in [5.74, 6) is -0.0184. The molecule has 3 heterocycles. The molecule has 4 N–H and O–H groups in total. The van der Waals surface area contributed by atoms with Crippen LogP contribution in [0.15, 0.2) is 16.2 Å². The summed E-state index contributed by atoms with van der Waals surface area (Å²) in [6.45, 7) is 1.63. The average Bonchev–Trinajstić information content (AvgIpc) is 3.08. The Bertz CT molecular complexity index is 840. The van der Waals surface area contributed by atoms with Gasteiger partial charge in [0.25, 0.3) is 5.56 Å². The van der Waals surface area contributed by atoms with Crippen molar-refractivity contribution in [3.8, 4) is 0 Å². The second-order valence-corrected chi connectivity index (χ2v) is 5.00. The third-order valence-electron chi connectivity index (χ3n) is 3.68. The Hall–Kier alpha value is -2.66. The van der Waals surface area contributed by atoms with Crippen LogP contribution in [0.1, 0.15) is 13.2 Å². The maximum absolute atomic E-state index is 12.3. The highest BCUT2D eigenvalue weighted by Gasteiger charge is 2.50. The maximum atomic E-state index is 12.3. The van der Waals surface area contributed by atoms with Crippen LogP contribution in [0.2, 0.25) is 0 Å². The Balaban J connectivity index is 1.90. The Kier molecular flexibility index (Phi) is 3.66. The van der Waals surface area contributed by atoms with Crippen LogP contribution in [0.25, 0.3) is 21.6 Å². The van der Waals surface area contributed by atoms with E-state index in [1.807, 2.05) is 0 Å². The van der Waals surface area contributed by atoms with E-state index in [9.17, 15) is 15.0 Å². The van der Waals surface area contributed by atoms with Crippen LogP contribution in [0, 0.1) is 0 Å². The maximum Gasteiger partial charge on any atom is 0.283 e. The SMILES string of the molecule is CC(OCCN=[N+]=[N-])C1(O)Nc2nc3nc[nH]c3c(=O)n2C1O. The summed E-state index contributed by atoms with van der Waals surface area (Å²) in [4.78, 5) is 25.5. The first-order chi connectivity index (χ1) is 11.0. The molecule has 0 aromatic carbocycles. The van der Waals surface area contributed by atoms with E-state index >= 15 is 0 Å². The normalized spacial score (nSPS) is 24.0. The van der Waals surface area contributed by atoms with Gasteiger partial charge in [-0.25, -0.2) is 9.55 Å². The van der Waals surface area contributed by atoms with E-state index in [1.165, 1.54) is 13.3 Å². The van der Waals surface area contributed by atoms with Gasteiger partial charge in [-0.05, 0) is 12.5 Å². The summed E-state index contributed by atoms with van der Waals surface area (Å²) in [6, 6.07) is 0. The fourth-order valence-corrected chi connectivity index (χ4v) is 2.41. The number of aliphatic hydroxyl groups excluding tert-OH is 1. The number of imidazole rings is 1. The van der Waals surface area contributed by atoms with Crippen molar-refractivity contribution in [1.29, 1.82) is 0 Å². The zero-order chi connectivity index (χ0) is 16.6. The Morgan fingerprint density at radius 1 is 1.70 bits per heavy atom. The molecule has 12 heteroatoms. The van der Waals surface area contributed by atoms with Crippen molar-refractivity contribution in [2.24, 2.45) is 5.11 Å². The monoisotopic (exact) mass is 322 g/mol. The van der Waals surface area contributed by atoms with Crippen LogP contribution in [0.3, 0.4) is 0 Å². The zero-order valence-electron chi connectivity index (χ0n) is 12.0. The van der Waals surface area contributed by atoms with Crippen molar-refractivity contribution < 1.29 is 14.9 Å². The molecule has 3 unspecified atom stereocenters. The number of aromatic nitrogens is 4. The molecule has 3 atom stereocenters. The smallest absolute Gasteiger partial charge is 0.283 e. The molecule has 23 heavy (non-hydrogen) atoms. The molecule has 0 bridgehead atoms. The molecule has 0 saturated carbocycles. The number of rotatable bonds is 5. The fraction of sp³-hybridized carbons (Fsp3) is 0.545. The topological polar surface area (TPSA) is 174 Å². The Morgan fingerprint density at radius 3 is 3.22 bits per heavy atom. The standard InChI is InChI=1S/C11H14N8O4/c1-5(23-3-2-15-18-12)11(22)9(21)19-8(20)6-7(14-4-13-6)16-10(19)17-11/h4-5,9,21-22H,2-3H2,1H3,(H,13,14)(H,16,17). The minimum absolute atomic E-state index is 0.0184. The molecule has 0 fully saturated rings. The van der Waals surface area contributed by atoms with Gasteiger partial charge in [0.2, 0.25) is 11.7 Å². The lowest BCUT2D eigenvalue weighted by atomic mass is 10.1. The Morgan fingerprint density at radius 2 is 2.48 bits per heavy atom. The molecule has 0 radical (unpaired) electrons. The van der Waals surface area contributed by atoms with Gasteiger partial charge >= 0.3 is 0 Å². The molecule has 2 aromatic rings. The van der Waals surface area contributed by atoms with Crippen molar-refractivity contribution in [1.82, 2.24) is 19.5 Å². The minimum atomic E-state index is -1.96. The largest absolute Gasteiger partial charge is 0.373 e. The van der Waals surface area contributed by atoms with Gasteiger partial charge in [-0.15, -0.1) is 0 Å². The van der Waals surface area contributed by atoms with Crippen LogP contribution in [0.4, 0.5) is 5.95 Å². The van der Waals surface area contributed by atoms with Crippen molar-refractivity contribution in [2.45, 2.75) is 25.0 Å². The second kappa shape index (κ2) is 5.52. The molecule has 0 amide bonds. The van der Waals surface area contributed by atoms with Crippen molar-refractivity contribution in [3.05, 3.63) is 27.1 Å². The number of nitrogens with zero attached hydrogens (tertiary/aromatic N) is 6. The first kappa shape index (κ1) is 15.2. The molecule has 3 rings (SSSR count). The molecule has 12 nitrogen and oxygen atoms in total. The van der Waals surface area contributed by atoms with Gasteiger partial charge in [0.05, 0.1) is 12.9 Å². The van der Waals surface area contributed by atoms with Crippen LogP contribution < -0.4 is 10.9 Å². The number of aliphatic hydroxyl groups is 2. The van der Waals surface area contributed by atoms with E-state index in [1.54, 1.807) is 0 Å². The second-order valence-electron chi connectivity index (χ2n) is 5.00. The summed E-state index contributed by atoms with van der Waals surface area (Å²) < 4.78 is 6.27. The third kappa shape index (κ3) is 2.29. The molecule has 0 spiro atoms. The van der Waals surface area contributed by atoms with E-state index in [2.05, 4.69) is 30.3 Å². The van der Waals surface area contributed by atoms with E-state index < -0.39 is 23.6 Å². The number of anilines is 1. The predicted molar refractivity (Wildman–Crippen MR) is 77.4 cm³/mol. The highest BCUT2D eigenvalue weighted by molar-refractivity contribution is 5.70. The summed E-state index contributed by atoms with van der Waals surface area (Å²) in [5.41, 5.74) is 5.96. The molecular formula is C11H14N8O4. The van der Waals surface area contributed by atoms with Gasteiger partial charge < -0.3 is 25.3 Å². The van der Waals surface area contributed by atoms with E-state index in [-0.39, 0.29) is 30.3 Å². The summed E-state index contributed by atoms with van der Waals surface area (Å²) in [6.07, 6.45) is -1.21. The number of H-pyrrole nitrogens is 1. The molecule has 1 aliphatic rings. The lowest BCUT2D eigenvalue weighted by Crippen LogP contribution is -2.52. The van der Waals surface area contributed by atoms with Gasteiger partial charge in [-0.2, -0.15) is 4.98 Å². The lowest BCUT2D eigenvalue weighted by Gasteiger charge is -2.32. The van der Waals surface area contributed by atoms with Crippen LogP contribution in [0.5, 0.6) is 0 Å². The van der Waals surface area contributed by atoms with Crippen molar-refractivity contribution in [2.75, 3.05) is 18.5 Å². The number of aromatic amines is 1. The molecule has 122 valence electrons. The molecular weight excluding hydrogens is 308 g/mol. The van der Waals surface area contributed by atoms with Crippen molar-refractivity contribution >= 4 is 17.1 Å². The number of azide groups is 1. The van der Waals surface area contributed by atoms with E-state index in [0.29, 0.717) is 0 Å². The molecule has 1 aliphatic heterocycles. The van der Waals surface area contributed by atoms with E-state index in [4.69, 9.17) is 10.3 Å². The highest BCUT2D eigenvalue weighted by atomic mass is 16.5. The molecule has 2 aromatic heterocycles. The number of hydrogen-bond donors (Lipinski definition) is 4. The average molecular weight is 322 g/mol. The number of nitrogens with one attached hydrogen (secondary N) is 2. The van der Waals surface area contributed by atoms with Crippen LogP contribution >= 0.6 is 0 Å². The quantitative estimate of drug-likeness (QED) is 0.247. The highest BCUT2D eigenvalue weighted by Crippen LogP contribution is 2.34. The lowest BCUT2D eigenvalue weighted by molar-refractivity contribution is -0.156. The Labute approximate surface area is 128 Å². The van der Waals surface area contributed by atoms with E-state index in [0.717, 1.165) is 4.57 Å². The predicted octanol–water partition coefficient (Wildman–Crippen LogP) is -0.560. The summed E-state index contributed by atoms with van der Waals surface area (Å²) in [5, 5.41) is 26.9. The van der Waals surface area contributed by atoms with Gasteiger partial charge in [0, 0.05) is 11.5 Å². The summed E-state index contributed by atoms with van der Waals surface area (Å²) in [7, 11) is 0. The van der Waals surface area contributed by atoms with Crippen LogP contribution in [-0.2, 0) is 4.74 Å². The number of hydrogen-bond acceptors (Lipinski definition) is 8. The van der Waals surface area contributed by atoms with Gasteiger partial charge in [0.1, 0.15) is 6.10 Å². The minimum Gasteiger partial charge on any atom is -0.373 e. The summed E-state index contributed by atoms with van der Waals surface area (Å²) >= 11 is 0. The van der Waals surface area contributed by atoms with Crippen LogP contribution in [-0.4, -0.2) is 54.7 Å². The van der Waals surface area contributed by atoms with Crippen molar-refractivity contribution in [3.63, 3.8) is 0 Å². The zero-order valence-corrected chi connectivity index (χ0v) is 12.0. The number of ether oxygens (including phenoxy) is 1. The first-order valence-corrected chi connectivity index (χ1v) is 6.75. The van der Waals surface area contributed by atoms with Gasteiger partial charge in [-0.3, -0.25) is 4.79 Å². The fourth-order valence-electron chi connectivity index (χ4n) is 2.41. The third-order valence-corrected chi connectivity index (χ3v) is 3.68. The van der Waals surface area contributed by atoms with Gasteiger partial charge in [-0.1, -0.05) is 5.11 Å². The van der Waals surface area contributed by atoms with Gasteiger partial charge in [0.15, 0.2) is 17.4 Å². The molecule has 0 aliphatic carbocycles. The number of fused-ring (bicyclic) bond motifs is 2. The molecule has 0 saturated heterocycles.